The Morgan fingerprint density at radius 1 is 1.47 bits per heavy atom. The van der Waals surface area contributed by atoms with E-state index in [9.17, 15) is 9.90 Å². The van der Waals surface area contributed by atoms with Gasteiger partial charge in [0.2, 0.25) is 0 Å². The second kappa shape index (κ2) is 5.62. The highest BCUT2D eigenvalue weighted by Crippen LogP contribution is 2.17. The van der Waals surface area contributed by atoms with Crippen LogP contribution in [0.5, 0.6) is 0 Å². The van der Waals surface area contributed by atoms with Crippen LogP contribution in [0, 0.1) is 0 Å². The van der Waals surface area contributed by atoms with Crippen molar-refractivity contribution in [3.63, 3.8) is 0 Å². The molecule has 94 valence electrons. The first kappa shape index (κ1) is 14.2. The smallest absolute Gasteiger partial charge is 0.336 e. The van der Waals surface area contributed by atoms with E-state index in [2.05, 4.69) is 21.2 Å². The summed E-state index contributed by atoms with van der Waals surface area (Å²) in [6, 6.07) is 7.70. The minimum atomic E-state index is -1.75. The summed E-state index contributed by atoms with van der Waals surface area (Å²) in [5.41, 5.74) is -0.710. The summed E-state index contributed by atoms with van der Waals surface area (Å²) in [5.74, 6) is -1.23. The summed E-state index contributed by atoms with van der Waals surface area (Å²) in [6.07, 6.45) is 0. The van der Waals surface area contributed by atoms with Crippen molar-refractivity contribution in [3.05, 3.63) is 34.3 Å². The number of halogens is 1. The lowest BCUT2D eigenvalue weighted by Gasteiger charge is -2.22. The van der Waals surface area contributed by atoms with E-state index in [0.717, 1.165) is 10.0 Å². The Labute approximate surface area is 109 Å². The molecule has 1 rings (SSSR count). The monoisotopic (exact) mass is 301 g/mol. The molecule has 0 aliphatic rings. The Hall–Kier alpha value is -0.910. The van der Waals surface area contributed by atoms with Crippen LogP contribution in [0.4, 0.5) is 0 Å². The van der Waals surface area contributed by atoms with E-state index in [1.807, 2.05) is 31.2 Å². The van der Waals surface area contributed by atoms with Crippen molar-refractivity contribution < 1.29 is 15.0 Å². The maximum absolute atomic E-state index is 10.7. The number of rotatable bonds is 5. The van der Waals surface area contributed by atoms with E-state index in [1.54, 1.807) is 0 Å². The van der Waals surface area contributed by atoms with Crippen molar-refractivity contribution in [1.29, 1.82) is 0 Å². The van der Waals surface area contributed by atoms with Crippen LogP contribution in [-0.4, -0.2) is 28.3 Å². The quantitative estimate of drug-likeness (QED) is 0.777. The number of carbonyl (C=O) groups is 1. The van der Waals surface area contributed by atoms with E-state index in [0.29, 0.717) is 0 Å². The molecule has 1 aromatic rings. The van der Waals surface area contributed by atoms with Gasteiger partial charge in [0.15, 0.2) is 5.60 Å². The number of carboxylic acid groups (broad SMARTS) is 1. The summed E-state index contributed by atoms with van der Waals surface area (Å²) in [7, 11) is 0. The van der Waals surface area contributed by atoms with Gasteiger partial charge in [0.1, 0.15) is 0 Å². The van der Waals surface area contributed by atoms with E-state index in [4.69, 9.17) is 5.11 Å². The lowest BCUT2D eigenvalue weighted by Crippen LogP contribution is -2.45. The van der Waals surface area contributed by atoms with E-state index in [1.165, 1.54) is 6.92 Å². The zero-order valence-corrected chi connectivity index (χ0v) is 11.4. The second-order valence-electron chi connectivity index (χ2n) is 4.23. The van der Waals surface area contributed by atoms with Crippen LogP contribution >= 0.6 is 15.9 Å². The summed E-state index contributed by atoms with van der Waals surface area (Å²) < 4.78 is 0.992. The molecule has 0 spiro atoms. The number of hydrogen-bond donors (Lipinski definition) is 3. The molecule has 4 nitrogen and oxygen atoms in total. The maximum atomic E-state index is 10.7. The molecule has 0 bridgehead atoms. The minimum Gasteiger partial charge on any atom is -0.479 e. The van der Waals surface area contributed by atoms with Gasteiger partial charge in [0, 0.05) is 17.1 Å². The molecule has 1 aromatic carbocycles. The fourth-order valence-electron chi connectivity index (χ4n) is 1.30. The van der Waals surface area contributed by atoms with E-state index < -0.39 is 11.6 Å². The third kappa shape index (κ3) is 4.11. The minimum absolute atomic E-state index is 0.000433. The molecule has 0 heterocycles. The van der Waals surface area contributed by atoms with Gasteiger partial charge < -0.3 is 15.5 Å². The normalized spacial score (nSPS) is 16.2. The lowest BCUT2D eigenvalue weighted by atomic mass is 10.1. The molecule has 0 fully saturated rings. The predicted molar refractivity (Wildman–Crippen MR) is 68.8 cm³/mol. The Balaban J connectivity index is 2.58. The van der Waals surface area contributed by atoms with Gasteiger partial charge in [-0.3, -0.25) is 0 Å². The molecule has 0 amide bonds. The van der Waals surface area contributed by atoms with Crippen LogP contribution < -0.4 is 5.32 Å². The summed E-state index contributed by atoms with van der Waals surface area (Å²) in [5, 5.41) is 21.3. The molecule has 0 saturated carbocycles. The first-order chi connectivity index (χ1) is 7.83. The molecule has 3 N–H and O–H groups in total. The topological polar surface area (TPSA) is 69.6 Å². The molecule has 0 aliphatic heterocycles. The number of aliphatic hydroxyl groups is 1. The zero-order chi connectivity index (χ0) is 13.1. The van der Waals surface area contributed by atoms with Crippen molar-refractivity contribution in [2.24, 2.45) is 0 Å². The van der Waals surface area contributed by atoms with Crippen LogP contribution in [0.2, 0.25) is 0 Å². The lowest BCUT2D eigenvalue weighted by molar-refractivity contribution is -0.156. The molecule has 17 heavy (non-hydrogen) atoms. The highest BCUT2D eigenvalue weighted by molar-refractivity contribution is 9.10. The highest BCUT2D eigenvalue weighted by Gasteiger charge is 2.29. The molecular weight excluding hydrogens is 286 g/mol. The molecule has 0 aromatic heterocycles. The number of benzene rings is 1. The average molecular weight is 302 g/mol. The standard InChI is InChI=1S/C12H16BrNO3/c1-8(9-3-5-10(13)6-4-9)14-7-12(2,17)11(15)16/h3-6,8,14,17H,7H2,1-2H3,(H,15,16)/t8-,12?/m0/s1. The Morgan fingerprint density at radius 2 is 2.00 bits per heavy atom. The average Bonchev–Trinajstić information content (AvgIpc) is 2.27. The Morgan fingerprint density at radius 3 is 2.47 bits per heavy atom. The van der Waals surface area contributed by atoms with Crippen LogP contribution in [-0.2, 0) is 4.79 Å². The van der Waals surface area contributed by atoms with Gasteiger partial charge in [-0.05, 0) is 31.5 Å². The zero-order valence-electron chi connectivity index (χ0n) is 9.77. The fourth-order valence-corrected chi connectivity index (χ4v) is 1.56. The summed E-state index contributed by atoms with van der Waals surface area (Å²) in [4.78, 5) is 10.7. The first-order valence-corrected chi connectivity index (χ1v) is 6.07. The third-order valence-electron chi connectivity index (χ3n) is 2.58. The van der Waals surface area contributed by atoms with Crippen molar-refractivity contribution in [3.8, 4) is 0 Å². The molecule has 0 radical (unpaired) electrons. The molecule has 0 aliphatic carbocycles. The SMILES string of the molecule is C[C@H](NCC(C)(O)C(=O)O)c1ccc(Br)cc1. The Bertz CT molecular complexity index is 389. The van der Waals surface area contributed by atoms with Gasteiger partial charge in [-0.25, -0.2) is 4.79 Å². The van der Waals surface area contributed by atoms with Crippen molar-refractivity contribution in [1.82, 2.24) is 5.32 Å². The fraction of sp³-hybridized carbons (Fsp3) is 0.417. The van der Waals surface area contributed by atoms with Gasteiger partial charge in [-0.1, -0.05) is 28.1 Å². The molecule has 2 atom stereocenters. The van der Waals surface area contributed by atoms with Crippen LogP contribution in [0.1, 0.15) is 25.5 Å². The largest absolute Gasteiger partial charge is 0.479 e. The van der Waals surface area contributed by atoms with Gasteiger partial charge >= 0.3 is 5.97 Å². The molecule has 1 unspecified atom stereocenters. The van der Waals surface area contributed by atoms with Gasteiger partial charge in [0.25, 0.3) is 0 Å². The van der Waals surface area contributed by atoms with Gasteiger partial charge in [-0.15, -0.1) is 0 Å². The number of nitrogens with one attached hydrogen (secondary N) is 1. The van der Waals surface area contributed by atoms with Gasteiger partial charge in [-0.2, -0.15) is 0 Å². The third-order valence-corrected chi connectivity index (χ3v) is 3.11. The number of carboxylic acids is 1. The van der Waals surface area contributed by atoms with Crippen molar-refractivity contribution in [2.45, 2.75) is 25.5 Å². The predicted octanol–water partition coefficient (Wildman–Crippen LogP) is 1.94. The molecule has 5 heteroatoms. The highest BCUT2D eigenvalue weighted by atomic mass is 79.9. The van der Waals surface area contributed by atoms with Gasteiger partial charge in [0.05, 0.1) is 0 Å². The number of aliphatic carboxylic acids is 1. The summed E-state index contributed by atoms with van der Waals surface area (Å²) in [6.45, 7) is 3.19. The molecule has 0 saturated heterocycles. The van der Waals surface area contributed by atoms with Crippen LogP contribution in [0.3, 0.4) is 0 Å². The van der Waals surface area contributed by atoms with E-state index >= 15 is 0 Å². The Kier molecular flexibility index (Phi) is 4.68. The van der Waals surface area contributed by atoms with Crippen molar-refractivity contribution >= 4 is 21.9 Å². The molecular formula is C12H16BrNO3. The first-order valence-electron chi connectivity index (χ1n) is 5.27. The van der Waals surface area contributed by atoms with Crippen LogP contribution in [0.25, 0.3) is 0 Å². The maximum Gasteiger partial charge on any atom is 0.336 e. The number of hydrogen-bond acceptors (Lipinski definition) is 3. The van der Waals surface area contributed by atoms with Crippen molar-refractivity contribution in [2.75, 3.05) is 6.54 Å². The van der Waals surface area contributed by atoms with E-state index in [-0.39, 0.29) is 12.6 Å². The van der Waals surface area contributed by atoms with Crippen LogP contribution in [0.15, 0.2) is 28.7 Å². The summed E-state index contributed by atoms with van der Waals surface area (Å²) >= 11 is 3.35. The second-order valence-corrected chi connectivity index (χ2v) is 5.15.